The predicted octanol–water partition coefficient (Wildman–Crippen LogP) is 4.56. The van der Waals surface area contributed by atoms with Crippen molar-refractivity contribution in [3.63, 3.8) is 0 Å². The van der Waals surface area contributed by atoms with E-state index in [0.717, 1.165) is 18.5 Å². The lowest BCUT2D eigenvalue weighted by Gasteiger charge is -2.60. The van der Waals surface area contributed by atoms with E-state index >= 15 is 0 Å². The van der Waals surface area contributed by atoms with Crippen molar-refractivity contribution in [2.24, 2.45) is 34.5 Å². The molecule has 4 aliphatic rings. The molecular formula is C27H38N4O2. The highest BCUT2D eigenvalue weighted by Gasteiger charge is 2.60. The van der Waals surface area contributed by atoms with Crippen LogP contribution in [0.1, 0.15) is 64.5 Å². The molecule has 2 amide bonds. The standard InChI is InChI=1S/C27H38N4O2/c1-16-5-9-21(25(28)29-16)30-23(32)15-17-6-8-19-18-7-10-22-27(3,14-12-24(33)31(22)4)20(18)11-13-26(17,19)2/h5,9,12,14,17-20,22H,6-8,10-11,13,15H2,1-4H3,(H2,28,29)(H,30,32)/t17-,18+,19+,20+,22-,26-,27-/m1/s1. The topological polar surface area (TPSA) is 88.3 Å². The van der Waals surface area contributed by atoms with Crippen LogP contribution < -0.4 is 11.1 Å². The summed E-state index contributed by atoms with van der Waals surface area (Å²) in [5.74, 6) is 2.94. The van der Waals surface area contributed by atoms with E-state index in [9.17, 15) is 9.59 Å². The number of likely N-dealkylation sites (N-methyl/N-ethyl adjacent to an activating group) is 1. The molecule has 0 aromatic carbocycles. The van der Waals surface area contributed by atoms with Gasteiger partial charge >= 0.3 is 0 Å². The Balaban J connectivity index is 1.31. The second-order valence-electron chi connectivity index (χ2n) is 11.6. The van der Waals surface area contributed by atoms with Crippen LogP contribution >= 0.6 is 0 Å². The Bertz CT molecular complexity index is 1010. The fourth-order valence-electron chi connectivity index (χ4n) is 8.29. The minimum atomic E-state index is 0.0485. The van der Waals surface area contributed by atoms with Gasteiger partial charge in [-0.2, -0.15) is 0 Å². The van der Waals surface area contributed by atoms with E-state index in [1.54, 1.807) is 6.08 Å². The maximum Gasteiger partial charge on any atom is 0.246 e. The van der Waals surface area contributed by atoms with Crippen LogP contribution in [0.4, 0.5) is 11.5 Å². The number of anilines is 2. The lowest BCUT2D eigenvalue weighted by molar-refractivity contribution is -0.139. The van der Waals surface area contributed by atoms with Gasteiger partial charge in [0, 0.05) is 30.6 Å². The Morgan fingerprint density at radius 1 is 1.18 bits per heavy atom. The molecule has 33 heavy (non-hydrogen) atoms. The van der Waals surface area contributed by atoms with Gasteiger partial charge in [-0.25, -0.2) is 4.98 Å². The number of hydrogen-bond acceptors (Lipinski definition) is 4. The highest BCUT2D eigenvalue weighted by atomic mass is 16.2. The molecule has 0 unspecified atom stereocenters. The summed E-state index contributed by atoms with van der Waals surface area (Å²) in [4.78, 5) is 31.5. The molecule has 0 bridgehead atoms. The lowest BCUT2D eigenvalue weighted by Crippen LogP contribution is -2.59. The normalized spacial score (nSPS) is 39.6. The average Bonchev–Trinajstić information content (AvgIpc) is 3.09. The van der Waals surface area contributed by atoms with Gasteiger partial charge in [0.15, 0.2) is 0 Å². The molecule has 178 valence electrons. The maximum atomic E-state index is 13.0. The second-order valence-corrected chi connectivity index (χ2v) is 11.6. The van der Waals surface area contributed by atoms with Gasteiger partial charge in [-0.3, -0.25) is 9.59 Å². The van der Waals surface area contributed by atoms with Gasteiger partial charge in [0.2, 0.25) is 11.8 Å². The molecular weight excluding hydrogens is 412 g/mol. The van der Waals surface area contributed by atoms with Crippen LogP contribution in [-0.2, 0) is 9.59 Å². The summed E-state index contributed by atoms with van der Waals surface area (Å²) in [5, 5.41) is 3.01. The smallest absolute Gasteiger partial charge is 0.246 e. The van der Waals surface area contributed by atoms with Crippen molar-refractivity contribution in [3.8, 4) is 0 Å². The number of aryl methyl sites for hydroxylation is 1. The molecule has 3 fully saturated rings. The zero-order valence-electron chi connectivity index (χ0n) is 20.4. The summed E-state index contributed by atoms with van der Waals surface area (Å²) in [6.07, 6.45) is 11.6. The molecule has 5 rings (SSSR count). The van der Waals surface area contributed by atoms with Gasteiger partial charge in [-0.05, 0) is 92.7 Å². The first-order valence-corrected chi connectivity index (χ1v) is 12.6. The third-order valence-electron chi connectivity index (χ3n) is 10.1. The van der Waals surface area contributed by atoms with Gasteiger partial charge in [-0.1, -0.05) is 19.9 Å². The first-order valence-electron chi connectivity index (χ1n) is 12.6. The first kappa shape index (κ1) is 22.4. The Labute approximate surface area is 197 Å². The van der Waals surface area contributed by atoms with Crippen LogP contribution in [0.3, 0.4) is 0 Å². The van der Waals surface area contributed by atoms with Crippen LogP contribution in [0.5, 0.6) is 0 Å². The van der Waals surface area contributed by atoms with Crippen molar-refractivity contribution in [2.45, 2.75) is 71.8 Å². The molecule has 1 aromatic heterocycles. The lowest BCUT2D eigenvalue weighted by atomic mass is 9.47. The first-order chi connectivity index (χ1) is 15.6. The molecule has 6 heteroatoms. The third-order valence-corrected chi connectivity index (χ3v) is 10.1. The van der Waals surface area contributed by atoms with Crippen molar-refractivity contribution < 1.29 is 9.59 Å². The molecule has 3 aliphatic carbocycles. The number of carbonyl (C=O) groups is 2. The third kappa shape index (κ3) is 3.48. The van der Waals surface area contributed by atoms with Crippen molar-refractivity contribution in [3.05, 3.63) is 30.0 Å². The molecule has 7 atom stereocenters. The molecule has 1 aliphatic heterocycles. The van der Waals surface area contributed by atoms with Crippen molar-refractivity contribution in [2.75, 3.05) is 18.1 Å². The Morgan fingerprint density at radius 2 is 1.97 bits per heavy atom. The minimum absolute atomic E-state index is 0.0485. The van der Waals surface area contributed by atoms with E-state index in [4.69, 9.17) is 5.73 Å². The van der Waals surface area contributed by atoms with Crippen LogP contribution in [0.15, 0.2) is 24.3 Å². The van der Waals surface area contributed by atoms with Crippen LogP contribution in [0, 0.1) is 41.4 Å². The Kier molecular flexibility index (Phi) is 5.33. The van der Waals surface area contributed by atoms with Crippen LogP contribution in [-0.4, -0.2) is 34.8 Å². The number of nitrogens with one attached hydrogen (secondary N) is 1. The van der Waals surface area contributed by atoms with E-state index in [2.05, 4.69) is 30.2 Å². The number of carbonyl (C=O) groups excluding carboxylic acids is 2. The van der Waals surface area contributed by atoms with Gasteiger partial charge in [0.1, 0.15) is 5.82 Å². The van der Waals surface area contributed by atoms with E-state index in [-0.39, 0.29) is 22.6 Å². The summed E-state index contributed by atoms with van der Waals surface area (Å²) >= 11 is 0. The number of nitrogen functional groups attached to an aromatic ring is 1. The number of nitrogens with two attached hydrogens (primary N) is 1. The van der Waals surface area contributed by atoms with Gasteiger partial charge in [0.25, 0.3) is 0 Å². The van der Waals surface area contributed by atoms with Gasteiger partial charge in [-0.15, -0.1) is 0 Å². The number of fused-ring (bicyclic) bond motifs is 5. The summed E-state index contributed by atoms with van der Waals surface area (Å²) in [6.45, 7) is 6.72. The quantitative estimate of drug-likeness (QED) is 0.707. The van der Waals surface area contributed by atoms with Crippen LogP contribution in [0.2, 0.25) is 0 Å². The fraction of sp³-hybridized carbons (Fsp3) is 0.667. The van der Waals surface area contributed by atoms with Crippen molar-refractivity contribution >= 4 is 23.3 Å². The molecule has 0 saturated heterocycles. The van der Waals surface area contributed by atoms with Crippen molar-refractivity contribution in [1.82, 2.24) is 9.88 Å². The average molecular weight is 451 g/mol. The number of aromatic nitrogens is 1. The van der Waals surface area contributed by atoms with Crippen LogP contribution in [0.25, 0.3) is 0 Å². The zero-order valence-corrected chi connectivity index (χ0v) is 20.4. The number of amides is 2. The number of hydrogen-bond donors (Lipinski definition) is 2. The maximum absolute atomic E-state index is 13.0. The fourth-order valence-corrected chi connectivity index (χ4v) is 8.29. The summed E-state index contributed by atoms with van der Waals surface area (Å²) in [7, 11) is 1.97. The van der Waals surface area contributed by atoms with E-state index < -0.39 is 0 Å². The monoisotopic (exact) mass is 450 g/mol. The number of pyridine rings is 1. The molecule has 2 heterocycles. The summed E-state index contributed by atoms with van der Waals surface area (Å²) in [6, 6.07) is 4.04. The Hall–Kier alpha value is -2.37. The zero-order chi connectivity index (χ0) is 23.5. The number of rotatable bonds is 3. The predicted molar refractivity (Wildman–Crippen MR) is 130 cm³/mol. The minimum Gasteiger partial charge on any atom is -0.382 e. The largest absolute Gasteiger partial charge is 0.382 e. The molecule has 0 radical (unpaired) electrons. The summed E-state index contributed by atoms with van der Waals surface area (Å²) < 4.78 is 0. The molecule has 3 saturated carbocycles. The molecule has 3 N–H and O–H groups in total. The molecule has 6 nitrogen and oxygen atoms in total. The van der Waals surface area contributed by atoms with E-state index in [1.165, 1.54) is 25.7 Å². The molecule has 0 spiro atoms. The second kappa shape index (κ2) is 7.85. The highest BCUT2D eigenvalue weighted by Crippen LogP contribution is 2.65. The molecule has 1 aromatic rings. The van der Waals surface area contributed by atoms with E-state index in [1.807, 2.05) is 31.0 Å². The number of nitrogens with zero attached hydrogens (tertiary/aromatic N) is 2. The van der Waals surface area contributed by atoms with Gasteiger partial charge in [0.05, 0.1) is 5.69 Å². The SMILES string of the molecule is Cc1ccc(NC(=O)C[C@H]2CC[C@H]3[C@@H]4CC[C@H]5N(C)C(=O)C=C[C@]5(C)[C@H]4CC[C@]23C)c(N)n1. The Morgan fingerprint density at radius 3 is 2.73 bits per heavy atom. The van der Waals surface area contributed by atoms with E-state index in [0.29, 0.717) is 47.6 Å². The highest BCUT2D eigenvalue weighted by molar-refractivity contribution is 5.93. The summed E-state index contributed by atoms with van der Waals surface area (Å²) in [5.41, 5.74) is 7.75. The van der Waals surface area contributed by atoms with Gasteiger partial charge < -0.3 is 16.0 Å². The van der Waals surface area contributed by atoms with Crippen molar-refractivity contribution in [1.29, 1.82) is 0 Å².